The number of para-hydroxylation sites is 2. The molecule has 0 saturated heterocycles. The Morgan fingerprint density at radius 3 is 2.71 bits per heavy atom. The molecular weight excluding hydrogens is 256 g/mol. The molecule has 21 heavy (non-hydrogen) atoms. The van der Waals surface area contributed by atoms with Gasteiger partial charge in [-0.15, -0.1) is 0 Å². The highest BCUT2D eigenvalue weighted by atomic mass is 15.1. The molecule has 2 aromatic rings. The average Bonchev–Trinajstić information content (AvgIpc) is 2.72. The fraction of sp³-hybridized carbons (Fsp3) is 0.368. The van der Waals surface area contributed by atoms with Crippen LogP contribution < -0.4 is 10.2 Å². The highest BCUT2D eigenvalue weighted by Gasteiger charge is 2.14. The summed E-state index contributed by atoms with van der Waals surface area (Å²) in [6.07, 6.45) is 3.82. The molecule has 0 fully saturated rings. The maximum Gasteiger partial charge on any atom is 0.0399 e. The lowest BCUT2D eigenvalue weighted by Crippen LogP contribution is -2.29. The number of anilines is 2. The summed E-state index contributed by atoms with van der Waals surface area (Å²) in [7, 11) is 0. The van der Waals surface area contributed by atoms with Crippen molar-refractivity contribution in [3.05, 3.63) is 59.7 Å². The number of rotatable bonds is 4. The molecule has 1 heterocycles. The van der Waals surface area contributed by atoms with Gasteiger partial charge in [-0.3, -0.25) is 0 Å². The highest BCUT2D eigenvalue weighted by Crippen LogP contribution is 2.25. The second-order valence-corrected chi connectivity index (χ2v) is 5.81. The van der Waals surface area contributed by atoms with E-state index in [-0.39, 0.29) is 0 Å². The number of benzene rings is 2. The first-order valence-corrected chi connectivity index (χ1v) is 7.97. The van der Waals surface area contributed by atoms with Gasteiger partial charge >= 0.3 is 0 Å². The van der Waals surface area contributed by atoms with Crippen LogP contribution in [0.5, 0.6) is 0 Å². The quantitative estimate of drug-likeness (QED) is 0.900. The standard InChI is InChI=1S/C19H24N2/c1-16-8-2-4-11-18(16)20-13-15-21-14-7-6-10-17-9-3-5-12-19(17)21/h2-5,8-9,11-12,20H,6-7,10,13-15H2,1H3. The molecule has 0 radical (unpaired) electrons. The molecule has 2 nitrogen and oxygen atoms in total. The van der Waals surface area contributed by atoms with Crippen LogP contribution in [0.2, 0.25) is 0 Å². The minimum Gasteiger partial charge on any atom is -0.383 e. The Balaban J connectivity index is 1.64. The molecule has 1 aliphatic rings. The Bertz CT molecular complexity index is 592. The smallest absolute Gasteiger partial charge is 0.0399 e. The molecule has 2 aromatic carbocycles. The van der Waals surface area contributed by atoms with Crippen molar-refractivity contribution in [1.29, 1.82) is 0 Å². The van der Waals surface area contributed by atoms with Crippen LogP contribution in [0.3, 0.4) is 0 Å². The van der Waals surface area contributed by atoms with E-state index in [9.17, 15) is 0 Å². The molecular formula is C19H24N2. The lowest BCUT2D eigenvalue weighted by molar-refractivity contribution is 0.719. The fourth-order valence-electron chi connectivity index (χ4n) is 3.10. The minimum atomic E-state index is 0.985. The molecule has 0 spiro atoms. The topological polar surface area (TPSA) is 15.3 Å². The van der Waals surface area contributed by atoms with Gasteiger partial charge in [0.1, 0.15) is 0 Å². The summed E-state index contributed by atoms with van der Waals surface area (Å²) in [5.74, 6) is 0. The van der Waals surface area contributed by atoms with Gasteiger partial charge in [0.2, 0.25) is 0 Å². The van der Waals surface area contributed by atoms with E-state index >= 15 is 0 Å². The number of nitrogens with zero attached hydrogens (tertiary/aromatic N) is 1. The molecule has 1 aliphatic heterocycles. The van der Waals surface area contributed by atoms with Crippen LogP contribution >= 0.6 is 0 Å². The zero-order chi connectivity index (χ0) is 14.5. The summed E-state index contributed by atoms with van der Waals surface area (Å²) in [5, 5.41) is 3.57. The average molecular weight is 280 g/mol. The van der Waals surface area contributed by atoms with Crippen molar-refractivity contribution < 1.29 is 0 Å². The molecule has 0 saturated carbocycles. The van der Waals surface area contributed by atoms with Crippen molar-refractivity contribution in [2.75, 3.05) is 29.9 Å². The Morgan fingerprint density at radius 2 is 1.81 bits per heavy atom. The number of nitrogens with one attached hydrogen (secondary N) is 1. The summed E-state index contributed by atoms with van der Waals surface area (Å²) < 4.78 is 0. The van der Waals surface area contributed by atoms with Crippen LogP contribution in [0.15, 0.2) is 48.5 Å². The van der Waals surface area contributed by atoms with Crippen LogP contribution in [0.25, 0.3) is 0 Å². The first-order chi connectivity index (χ1) is 10.3. The van der Waals surface area contributed by atoms with E-state index in [2.05, 4.69) is 65.7 Å². The first kappa shape index (κ1) is 14.0. The van der Waals surface area contributed by atoms with E-state index in [1.54, 1.807) is 0 Å². The van der Waals surface area contributed by atoms with E-state index in [0.29, 0.717) is 0 Å². The van der Waals surface area contributed by atoms with Gasteiger partial charge in [0.05, 0.1) is 0 Å². The molecule has 0 bridgehead atoms. The van der Waals surface area contributed by atoms with Crippen molar-refractivity contribution in [2.45, 2.75) is 26.2 Å². The van der Waals surface area contributed by atoms with E-state index < -0.39 is 0 Å². The second-order valence-electron chi connectivity index (χ2n) is 5.81. The molecule has 3 rings (SSSR count). The summed E-state index contributed by atoms with van der Waals surface area (Å²) >= 11 is 0. The third kappa shape index (κ3) is 3.38. The third-order valence-corrected chi connectivity index (χ3v) is 4.30. The Hall–Kier alpha value is -1.96. The van der Waals surface area contributed by atoms with Crippen LogP contribution in [-0.4, -0.2) is 19.6 Å². The van der Waals surface area contributed by atoms with E-state index in [4.69, 9.17) is 0 Å². The van der Waals surface area contributed by atoms with Crippen molar-refractivity contribution in [2.24, 2.45) is 0 Å². The van der Waals surface area contributed by atoms with Gasteiger partial charge in [0.15, 0.2) is 0 Å². The summed E-state index contributed by atoms with van der Waals surface area (Å²) in [6, 6.07) is 17.4. The van der Waals surface area contributed by atoms with Gasteiger partial charge in [-0.05, 0) is 49.4 Å². The normalized spacial score (nSPS) is 14.4. The van der Waals surface area contributed by atoms with Crippen molar-refractivity contribution in [3.63, 3.8) is 0 Å². The van der Waals surface area contributed by atoms with Gasteiger partial charge in [0.25, 0.3) is 0 Å². The number of aryl methyl sites for hydroxylation is 2. The van der Waals surface area contributed by atoms with Crippen molar-refractivity contribution in [3.8, 4) is 0 Å². The lowest BCUT2D eigenvalue weighted by atomic mass is 10.1. The Labute approximate surface area is 127 Å². The molecule has 110 valence electrons. The van der Waals surface area contributed by atoms with Gasteiger partial charge < -0.3 is 10.2 Å². The predicted molar refractivity (Wildman–Crippen MR) is 91.3 cm³/mol. The van der Waals surface area contributed by atoms with Crippen LogP contribution in [-0.2, 0) is 6.42 Å². The van der Waals surface area contributed by atoms with Crippen LogP contribution in [0.1, 0.15) is 24.0 Å². The first-order valence-electron chi connectivity index (χ1n) is 7.97. The van der Waals surface area contributed by atoms with Gasteiger partial charge in [-0.1, -0.05) is 36.4 Å². The van der Waals surface area contributed by atoms with Crippen molar-refractivity contribution >= 4 is 11.4 Å². The number of hydrogen-bond acceptors (Lipinski definition) is 2. The molecule has 0 amide bonds. The SMILES string of the molecule is Cc1ccccc1NCCN1CCCCc2ccccc21. The van der Waals surface area contributed by atoms with Gasteiger partial charge in [-0.2, -0.15) is 0 Å². The fourth-order valence-corrected chi connectivity index (χ4v) is 3.10. The lowest BCUT2D eigenvalue weighted by Gasteiger charge is -2.25. The van der Waals surface area contributed by atoms with E-state index in [1.165, 1.54) is 48.3 Å². The van der Waals surface area contributed by atoms with E-state index in [0.717, 1.165) is 13.1 Å². The Morgan fingerprint density at radius 1 is 1.00 bits per heavy atom. The number of fused-ring (bicyclic) bond motifs is 1. The summed E-state index contributed by atoms with van der Waals surface area (Å²) in [4.78, 5) is 2.54. The molecule has 0 atom stereocenters. The monoisotopic (exact) mass is 280 g/mol. The third-order valence-electron chi connectivity index (χ3n) is 4.30. The van der Waals surface area contributed by atoms with Crippen LogP contribution in [0, 0.1) is 6.92 Å². The van der Waals surface area contributed by atoms with Gasteiger partial charge in [0, 0.05) is 31.0 Å². The molecule has 0 aliphatic carbocycles. The molecule has 2 heteroatoms. The zero-order valence-electron chi connectivity index (χ0n) is 12.8. The molecule has 0 aromatic heterocycles. The van der Waals surface area contributed by atoms with Gasteiger partial charge in [-0.25, -0.2) is 0 Å². The summed E-state index contributed by atoms with van der Waals surface area (Å²) in [6.45, 7) is 5.38. The highest BCUT2D eigenvalue weighted by molar-refractivity contribution is 5.55. The minimum absolute atomic E-state index is 0.985. The largest absolute Gasteiger partial charge is 0.383 e. The second kappa shape index (κ2) is 6.66. The van der Waals surface area contributed by atoms with Crippen LogP contribution in [0.4, 0.5) is 11.4 Å². The predicted octanol–water partition coefficient (Wildman–Crippen LogP) is 4.25. The number of hydrogen-bond donors (Lipinski definition) is 1. The zero-order valence-corrected chi connectivity index (χ0v) is 12.8. The maximum atomic E-state index is 3.57. The summed E-state index contributed by atoms with van der Waals surface area (Å²) in [5.41, 5.74) is 5.50. The molecule has 1 N–H and O–H groups in total. The maximum absolute atomic E-state index is 3.57. The Kier molecular flexibility index (Phi) is 4.44. The molecule has 0 unspecified atom stereocenters. The van der Waals surface area contributed by atoms with Crippen molar-refractivity contribution in [1.82, 2.24) is 0 Å². The van der Waals surface area contributed by atoms with E-state index in [1.807, 2.05) is 0 Å².